The molecule has 0 aliphatic heterocycles. The van der Waals surface area contributed by atoms with E-state index < -0.39 is 15.6 Å². The number of hydrogen-bond donors (Lipinski definition) is 2. The van der Waals surface area contributed by atoms with Crippen molar-refractivity contribution < 1.29 is 12.9 Å². The summed E-state index contributed by atoms with van der Waals surface area (Å²) in [6, 6.07) is 0.0225. The van der Waals surface area contributed by atoms with Crippen LogP contribution in [-0.2, 0) is 21.3 Å². The molecule has 23 heavy (non-hydrogen) atoms. The van der Waals surface area contributed by atoms with Crippen molar-refractivity contribution >= 4 is 10.0 Å². The molecule has 3 rings (SSSR count). The highest BCUT2D eigenvalue weighted by Crippen LogP contribution is 2.34. The lowest BCUT2D eigenvalue weighted by Gasteiger charge is -2.26. The van der Waals surface area contributed by atoms with Crippen molar-refractivity contribution in [2.45, 2.75) is 75.6 Å². The molecule has 0 spiro atoms. The summed E-state index contributed by atoms with van der Waals surface area (Å²) in [6.07, 6.45) is 7.62. The standard InChI is InChI=1S/C15H26N4O3S/c1-11-4-6-12(7-5-11)19-23(20,21)10-13-17-14(18-22-13)15(16)8-2-3-9-15/h11-12,19H,2-10,16H2,1H3. The zero-order valence-corrected chi connectivity index (χ0v) is 14.4. The lowest BCUT2D eigenvalue weighted by atomic mass is 9.88. The van der Waals surface area contributed by atoms with Gasteiger partial charge in [-0.15, -0.1) is 0 Å². The molecule has 7 nitrogen and oxygen atoms in total. The van der Waals surface area contributed by atoms with E-state index in [1.165, 1.54) is 0 Å². The van der Waals surface area contributed by atoms with Gasteiger partial charge in [0.1, 0.15) is 5.75 Å². The van der Waals surface area contributed by atoms with E-state index in [-0.39, 0.29) is 17.7 Å². The van der Waals surface area contributed by atoms with Crippen LogP contribution in [0.3, 0.4) is 0 Å². The molecular formula is C15H26N4O3S. The zero-order chi connectivity index (χ0) is 16.5. The topological polar surface area (TPSA) is 111 Å². The van der Waals surface area contributed by atoms with E-state index in [9.17, 15) is 8.42 Å². The number of sulfonamides is 1. The summed E-state index contributed by atoms with van der Waals surface area (Å²) in [6.45, 7) is 2.20. The van der Waals surface area contributed by atoms with Crippen molar-refractivity contribution in [3.8, 4) is 0 Å². The molecule has 2 aliphatic rings. The summed E-state index contributed by atoms with van der Waals surface area (Å²) in [5.74, 6) is 0.962. The Balaban J connectivity index is 1.61. The normalized spacial score (nSPS) is 28.1. The van der Waals surface area contributed by atoms with Gasteiger partial charge in [0.15, 0.2) is 5.82 Å². The first-order valence-electron chi connectivity index (χ1n) is 8.48. The van der Waals surface area contributed by atoms with E-state index in [2.05, 4.69) is 21.8 Å². The predicted octanol–water partition coefficient (Wildman–Crippen LogP) is 1.80. The van der Waals surface area contributed by atoms with Crippen LogP contribution in [0.1, 0.15) is 70.0 Å². The Morgan fingerprint density at radius 2 is 1.91 bits per heavy atom. The molecule has 2 fully saturated rings. The van der Waals surface area contributed by atoms with Gasteiger partial charge in [0.25, 0.3) is 0 Å². The molecule has 0 bridgehead atoms. The molecule has 1 aromatic rings. The minimum atomic E-state index is -3.47. The van der Waals surface area contributed by atoms with Crippen molar-refractivity contribution in [1.82, 2.24) is 14.9 Å². The summed E-state index contributed by atoms with van der Waals surface area (Å²) in [4.78, 5) is 4.23. The highest BCUT2D eigenvalue weighted by atomic mass is 32.2. The number of nitrogens with zero attached hydrogens (tertiary/aromatic N) is 2. The molecule has 0 radical (unpaired) electrons. The summed E-state index contributed by atoms with van der Waals surface area (Å²) in [5, 5.41) is 3.91. The Kier molecular flexibility index (Phi) is 4.75. The van der Waals surface area contributed by atoms with Crippen molar-refractivity contribution in [2.75, 3.05) is 0 Å². The summed E-state index contributed by atoms with van der Waals surface area (Å²) < 4.78 is 32.5. The van der Waals surface area contributed by atoms with Crippen LogP contribution in [-0.4, -0.2) is 24.6 Å². The van der Waals surface area contributed by atoms with Crippen molar-refractivity contribution in [3.05, 3.63) is 11.7 Å². The van der Waals surface area contributed by atoms with Crippen molar-refractivity contribution in [2.24, 2.45) is 11.7 Å². The van der Waals surface area contributed by atoms with Gasteiger partial charge in [0, 0.05) is 6.04 Å². The molecule has 2 aliphatic carbocycles. The maximum atomic E-state index is 12.3. The van der Waals surface area contributed by atoms with E-state index in [1.807, 2.05) is 0 Å². The van der Waals surface area contributed by atoms with Gasteiger partial charge in [-0.05, 0) is 44.4 Å². The van der Waals surface area contributed by atoms with Gasteiger partial charge < -0.3 is 10.3 Å². The monoisotopic (exact) mass is 342 g/mol. The Morgan fingerprint density at radius 1 is 1.26 bits per heavy atom. The van der Waals surface area contributed by atoms with Crippen LogP contribution in [0.15, 0.2) is 4.52 Å². The van der Waals surface area contributed by atoms with E-state index >= 15 is 0 Å². The Hall–Kier alpha value is -0.990. The average Bonchev–Trinajstić information content (AvgIpc) is 3.11. The van der Waals surface area contributed by atoms with Crippen LogP contribution in [0.25, 0.3) is 0 Å². The molecule has 1 aromatic heterocycles. The number of nitrogens with one attached hydrogen (secondary N) is 1. The van der Waals surface area contributed by atoms with Crippen molar-refractivity contribution in [1.29, 1.82) is 0 Å². The minimum Gasteiger partial charge on any atom is -0.338 e. The maximum absolute atomic E-state index is 12.3. The van der Waals surface area contributed by atoms with Gasteiger partial charge in [-0.2, -0.15) is 4.98 Å². The van der Waals surface area contributed by atoms with Crippen LogP contribution >= 0.6 is 0 Å². The quantitative estimate of drug-likeness (QED) is 0.844. The third kappa shape index (κ3) is 4.10. The maximum Gasteiger partial charge on any atom is 0.243 e. The van der Waals surface area contributed by atoms with E-state index in [0.717, 1.165) is 51.4 Å². The molecule has 2 saturated carbocycles. The molecule has 130 valence electrons. The second-order valence-corrected chi connectivity index (χ2v) is 8.96. The zero-order valence-electron chi connectivity index (χ0n) is 13.6. The molecule has 0 unspecified atom stereocenters. The fourth-order valence-electron chi connectivity index (χ4n) is 3.58. The molecule has 0 amide bonds. The van der Waals surface area contributed by atoms with Crippen LogP contribution in [0.5, 0.6) is 0 Å². The smallest absolute Gasteiger partial charge is 0.243 e. The molecule has 3 N–H and O–H groups in total. The van der Waals surface area contributed by atoms with Crippen LogP contribution in [0.4, 0.5) is 0 Å². The number of rotatable bonds is 5. The minimum absolute atomic E-state index is 0.0225. The van der Waals surface area contributed by atoms with Gasteiger partial charge in [0.05, 0.1) is 5.54 Å². The molecule has 0 aromatic carbocycles. The third-order valence-electron chi connectivity index (χ3n) is 5.08. The lowest BCUT2D eigenvalue weighted by molar-refractivity contribution is 0.330. The molecular weight excluding hydrogens is 316 g/mol. The summed E-state index contributed by atoms with van der Waals surface area (Å²) >= 11 is 0. The summed E-state index contributed by atoms with van der Waals surface area (Å²) in [5.41, 5.74) is 5.71. The molecule has 8 heteroatoms. The Bertz CT molecular complexity index is 629. The van der Waals surface area contributed by atoms with E-state index in [0.29, 0.717) is 11.7 Å². The van der Waals surface area contributed by atoms with Crippen LogP contribution < -0.4 is 10.5 Å². The first-order valence-corrected chi connectivity index (χ1v) is 10.1. The average molecular weight is 342 g/mol. The SMILES string of the molecule is CC1CCC(NS(=O)(=O)Cc2nc(C3(N)CCCC3)no2)CC1. The fraction of sp³-hybridized carbons (Fsp3) is 0.867. The van der Waals surface area contributed by atoms with E-state index in [4.69, 9.17) is 10.3 Å². The van der Waals surface area contributed by atoms with Gasteiger partial charge in [-0.1, -0.05) is 24.9 Å². The molecule has 1 heterocycles. The number of nitrogens with two attached hydrogens (primary N) is 1. The Morgan fingerprint density at radius 3 is 2.57 bits per heavy atom. The second-order valence-electron chi connectivity index (χ2n) is 7.21. The lowest BCUT2D eigenvalue weighted by Crippen LogP contribution is -2.38. The van der Waals surface area contributed by atoms with E-state index in [1.54, 1.807) is 0 Å². The first-order chi connectivity index (χ1) is 10.9. The second kappa shape index (κ2) is 6.49. The highest BCUT2D eigenvalue weighted by Gasteiger charge is 2.36. The van der Waals surface area contributed by atoms with Gasteiger partial charge in [-0.25, -0.2) is 13.1 Å². The Labute approximate surface area is 137 Å². The number of aromatic nitrogens is 2. The molecule has 0 saturated heterocycles. The fourth-order valence-corrected chi connectivity index (χ4v) is 4.85. The number of hydrogen-bond acceptors (Lipinski definition) is 6. The van der Waals surface area contributed by atoms with Crippen LogP contribution in [0.2, 0.25) is 0 Å². The van der Waals surface area contributed by atoms with Crippen LogP contribution in [0, 0.1) is 5.92 Å². The van der Waals surface area contributed by atoms with Gasteiger partial charge >= 0.3 is 0 Å². The third-order valence-corrected chi connectivity index (χ3v) is 6.40. The van der Waals surface area contributed by atoms with Gasteiger partial charge in [-0.3, -0.25) is 0 Å². The predicted molar refractivity (Wildman–Crippen MR) is 85.8 cm³/mol. The molecule has 0 atom stereocenters. The summed E-state index contributed by atoms with van der Waals surface area (Å²) in [7, 11) is -3.47. The first kappa shape index (κ1) is 16.9. The largest absolute Gasteiger partial charge is 0.338 e. The van der Waals surface area contributed by atoms with Gasteiger partial charge in [0.2, 0.25) is 15.9 Å². The van der Waals surface area contributed by atoms with Crippen molar-refractivity contribution in [3.63, 3.8) is 0 Å². The highest BCUT2D eigenvalue weighted by molar-refractivity contribution is 7.88.